The number of carbonyl (C=O) groups excluding carboxylic acids is 1. The van der Waals surface area contributed by atoms with Gasteiger partial charge in [0, 0.05) is 44.8 Å². The van der Waals surface area contributed by atoms with E-state index in [4.69, 9.17) is 44.3 Å². The van der Waals surface area contributed by atoms with Crippen molar-refractivity contribution in [3.05, 3.63) is 97.2 Å². The van der Waals surface area contributed by atoms with Crippen LogP contribution in [0.2, 0.25) is 15.1 Å². The third-order valence-electron chi connectivity index (χ3n) is 5.60. The van der Waals surface area contributed by atoms with Gasteiger partial charge in [0.25, 0.3) is 0 Å². The Labute approximate surface area is 200 Å². The van der Waals surface area contributed by atoms with Gasteiger partial charge in [-0.2, -0.15) is 0 Å². The molecule has 0 unspecified atom stereocenters. The van der Waals surface area contributed by atoms with Crippen molar-refractivity contribution >= 4 is 46.7 Å². The summed E-state index contributed by atoms with van der Waals surface area (Å²) in [4.78, 5) is 15.3. The molecule has 0 bridgehead atoms. The molecule has 2 aliphatic rings. The molecule has 32 heavy (non-hydrogen) atoms. The number of nitrogens with zero attached hydrogens (tertiary/aromatic N) is 1. The van der Waals surface area contributed by atoms with E-state index in [9.17, 15) is 4.79 Å². The summed E-state index contributed by atoms with van der Waals surface area (Å²) in [5.41, 5.74) is 3.98. The van der Waals surface area contributed by atoms with Crippen molar-refractivity contribution in [2.75, 3.05) is 6.73 Å². The highest BCUT2D eigenvalue weighted by Gasteiger charge is 2.33. The Balaban J connectivity index is 1.44. The minimum Gasteiger partial charge on any atom is -0.477 e. The third kappa shape index (κ3) is 3.89. The zero-order chi connectivity index (χ0) is 22.4. The van der Waals surface area contributed by atoms with Crippen molar-refractivity contribution in [2.45, 2.75) is 20.0 Å². The Hall–Kier alpha value is -2.50. The van der Waals surface area contributed by atoms with Gasteiger partial charge in [0.05, 0.1) is 5.56 Å². The third-order valence-corrected chi connectivity index (χ3v) is 6.51. The monoisotopic (exact) mass is 485 g/mol. The molecule has 0 aliphatic carbocycles. The van der Waals surface area contributed by atoms with Crippen LogP contribution in [0.5, 0.6) is 11.5 Å². The molecule has 4 nitrogen and oxygen atoms in total. The van der Waals surface area contributed by atoms with Crippen LogP contribution in [0, 0.1) is 6.92 Å². The van der Waals surface area contributed by atoms with Gasteiger partial charge in [0.15, 0.2) is 5.76 Å². The van der Waals surface area contributed by atoms with E-state index in [-0.39, 0.29) is 11.5 Å². The number of ketones is 1. The highest BCUT2D eigenvalue weighted by Crippen LogP contribution is 2.43. The predicted molar refractivity (Wildman–Crippen MR) is 127 cm³/mol. The number of ether oxygens (including phenoxy) is 2. The zero-order valence-electron chi connectivity index (χ0n) is 17.1. The number of hydrogen-bond donors (Lipinski definition) is 0. The summed E-state index contributed by atoms with van der Waals surface area (Å²) in [5.74, 6) is 1.28. The topological polar surface area (TPSA) is 38.8 Å². The molecule has 0 saturated carbocycles. The number of hydrogen-bond acceptors (Lipinski definition) is 4. The van der Waals surface area contributed by atoms with E-state index in [0.29, 0.717) is 51.8 Å². The Kier molecular flexibility index (Phi) is 5.64. The molecule has 0 radical (unpaired) electrons. The molecule has 3 aromatic carbocycles. The first-order valence-electron chi connectivity index (χ1n) is 10.0. The number of fused-ring (bicyclic) bond motifs is 2. The second kappa shape index (κ2) is 8.45. The lowest BCUT2D eigenvalue weighted by atomic mass is 10.00. The van der Waals surface area contributed by atoms with E-state index in [1.54, 1.807) is 24.3 Å². The van der Waals surface area contributed by atoms with E-state index in [2.05, 4.69) is 4.90 Å². The SMILES string of the molecule is Cc1c2c(cc3c1O/C(=C\c1c(Cl)cccc1Cl)C3=O)CN(Cc1ccc(Cl)cc1)CO2. The minimum atomic E-state index is -0.197. The lowest BCUT2D eigenvalue weighted by Gasteiger charge is -2.30. The molecule has 5 rings (SSSR count). The number of halogens is 3. The second-order valence-corrected chi connectivity index (χ2v) is 9.08. The summed E-state index contributed by atoms with van der Waals surface area (Å²) in [6.07, 6.45) is 1.60. The summed E-state index contributed by atoms with van der Waals surface area (Å²) in [6.45, 7) is 3.73. The van der Waals surface area contributed by atoms with Gasteiger partial charge in [-0.05, 0) is 48.9 Å². The molecule has 0 spiro atoms. The molecule has 162 valence electrons. The molecule has 7 heteroatoms. The van der Waals surface area contributed by atoms with Crippen LogP contribution in [0.15, 0.2) is 54.3 Å². The van der Waals surface area contributed by atoms with Gasteiger partial charge < -0.3 is 9.47 Å². The summed E-state index contributed by atoms with van der Waals surface area (Å²) >= 11 is 18.5. The Morgan fingerprint density at radius 3 is 2.47 bits per heavy atom. The number of benzene rings is 3. The zero-order valence-corrected chi connectivity index (χ0v) is 19.4. The van der Waals surface area contributed by atoms with Gasteiger partial charge in [-0.1, -0.05) is 53.0 Å². The summed E-state index contributed by atoms with van der Waals surface area (Å²) < 4.78 is 12.0. The van der Waals surface area contributed by atoms with E-state index in [1.807, 2.05) is 37.3 Å². The Morgan fingerprint density at radius 2 is 1.75 bits per heavy atom. The van der Waals surface area contributed by atoms with E-state index in [0.717, 1.165) is 22.4 Å². The first-order valence-corrected chi connectivity index (χ1v) is 11.2. The van der Waals surface area contributed by atoms with Crippen molar-refractivity contribution < 1.29 is 14.3 Å². The van der Waals surface area contributed by atoms with Gasteiger partial charge in [-0.15, -0.1) is 0 Å². The van der Waals surface area contributed by atoms with Crippen molar-refractivity contribution in [2.24, 2.45) is 0 Å². The maximum Gasteiger partial charge on any atom is 0.231 e. The molecule has 2 heterocycles. The van der Waals surface area contributed by atoms with Crippen LogP contribution in [0.4, 0.5) is 0 Å². The second-order valence-electron chi connectivity index (χ2n) is 7.83. The lowest BCUT2D eigenvalue weighted by molar-refractivity contribution is 0.0876. The molecule has 0 atom stereocenters. The van der Waals surface area contributed by atoms with Gasteiger partial charge in [-0.3, -0.25) is 9.69 Å². The molecule has 2 aliphatic heterocycles. The highest BCUT2D eigenvalue weighted by atomic mass is 35.5. The first-order chi connectivity index (χ1) is 15.4. The van der Waals surface area contributed by atoms with Crippen molar-refractivity contribution in [3.8, 4) is 11.5 Å². The number of carbonyl (C=O) groups is 1. The fraction of sp³-hybridized carbons (Fsp3) is 0.160. The van der Waals surface area contributed by atoms with E-state index >= 15 is 0 Å². The predicted octanol–water partition coefficient (Wildman–Crippen LogP) is 6.92. The maximum atomic E-state index is 13.1. The van der Waals surface area contributed by atoms with Crippen LogP contribution in [-0.2, 0) is 13.1 Å². The molecular formula is C25H18Cl3NO3. The number of rotatable bonds is 3. The maximum absolute atomic E-state index is 13.1. The molecular weight excluding hydrogens is 469 g/mol. The molecule has 0 N–H and O–H groups in total. The molecule has 3 aromatic rings. The normalized spacial score (nSPS) is 16.5. The number of allylic oxidation sites excluding steroid dienone is 1. The van der Waals surface area contributed by atoms with Crippen molar-refractivity contribution in [1.82, 2.24) is 4.90 Å². The quantitative estimate of drug-likeness (QED) is 0.377. The smallest absolute Gasteiger partial charge is 0.231 e. The molecule has 0 amide bonds. The minimum absolute atomic E-state index is 0.193. The lowest BCUT2D eigenvalue weighted by Crippen LogP contribution is -2.32. The standard InChI is InChI=1S/C25H18Cl3NO3/c1-14-24-16(12-29(13-31-24)11-15-5-7-17(26)8-6-15)9-19-23(30)22(32-25(14)19)10-18-20(27)3-2-4-21(18)28/h2-10H,11-13H2,1H3/b22-10-. The molecule has 0 fully saturated rings. The molecule has 0 saturated heterocycles. The number of Topliss-reactive ketones (excluding diaryl/α,β-unsaturated/α-hetero) is 1. The first kappa shape index (κ1) is 21.4. The Morgan fingerprint density at radius 1 is 1.03 bits per heavy atom. The largest absolute Gasteiger partial charge is 0.477 e. The van der Waals surface area contributed by atoms with E-state index in [1.165, 1.54) is 0 Å². The summed E-state index contributed by atoms with van der Waals surface area (Å²) in [7, 11) is 0. The molecule has 0 aromatic heterocycles. The van der Waals surface area contributed by atoms with Crippen molar-refractivity contribution in [1.29, 1.82) is 0 Å². The van der Waals surface area contributed by atoms with Crippen LogP contribution in [0.25, 0.3) is 6.08 Å². The fourth-order valence-corrected chi connectivity index (χ4v) is 4.66. The van der Waals surface area contributed by atoms with Crippen molar-refractivity contribution in [3.63, 3.8) is 0 Å². The van der Waals surface area contributed by atoms with Crippen LogP contribution in [-0.4, -0.2) is 17.4 Å². The van der Waals surface area contributed by atoms with E-state index < -0.39 is 0 Å². The average molecular weight is 487 g/mol. The fourth-order valence-electron chi connectivity index (χ4n) is 4.03. The van der Waals surface area contributed by atoms with Crippen LogP contribution < -0.4 is 9.47 Å². The Bertz CT molecular complexity index is 1250. The van der Waals surface area contributed by atoms with Crippen LogP contribution in [0.1, 0.15) is 32.6 Å². The van der Waals surface area contributed by atoms with Crippen LogP contribution >= 0.6 is 34.8 Å². The summed E-state index contributed by atoms with van der Waals surface area (Å²) in [5, 5.41) is 1.62. The van der Waals surface area contributed by atoms with Crippen LogP contribution in [0.3, 0.4) is 0 Å². The van der Waals surface area contributed by atoms with Gasteiger partial charge in [-0.25, -0.2) is 0 Å². The summed E-state index contributed by atoms with van der Waals surface area (Å²) in [6, 6.07) is 14.8. The average Bonchev–Trinajstić information content (AvgIpc) is 3.08. The highest BCUT2D eigenvalue weighted by molar-refractivity contribution is 6.37. The van der Waals surface area contributed by atoms with Gasteiger partial charge in [0.2, 0.25) is 5.78 Å². The van der Waals surface area contributed by atoms with Gasteiger partial charge in [0.1, 0.15) is 18.2 Å². The van der Waals surface area contributed by atoms with Gasteiger partial charge >= 0.3 is 0 Å².